The van der Waals surface area contributed by atoms with Gasteiger partial charge in [0.05, 0.1) is 11.5 Å². The molecule has 0 spiro atoms. The van der Waals surface area contributed by atoms with Gasteiger partial charge in [0.2, 0.25) is 11.8 Å². The number of benzene rings is 1. The van der Waals surface area contributed by atoms with E-state index in [1.54, 1.807) is 25.1 Å². The van der Waals surface area contributed by atoms with E-state index in [1.807, 2.05) is 20.8 Å². The maximum absolute atomic E-state index is 12.2. The van der Waals surface area contributed by atoms with Crippen molar-refractivity contribution < 1.29 is 14.5 Å². The summed E-state index contributed by atoms with van der Waals surface area (Å²) in [5, 5.41) is 13.4. The van der Waals surface area contributed by atoms with E-state index in [4.69, 9.17) is 0 Å². The molecule has 0 aliphatic carbocycles. The standard InChI is InChI=1S/C17H23N3O4/c1-5-19(12-15(21)18-17(2,3)4)16(22)11-8-13-6-9-14(10-7-13)20(23)24/h6-11H,5,12H2,1-4H3,(H,18,21)/b11-8+. The Morgan fingerprint density at radius 2 is 1.83 bits per heavy atom. The quantitative estimate of drug-likeness (QED) is 0.491. The molecule has 0 saturated heterocycles. The van der Waals surface area contributed by atoms with Gasteiger partial charge in [0, 0.05) is 30.3 Å². The van der Waals surface area contributed by atoms with Crippen LogP contribution in [0.4, 0.5) is 5.69 Å². The Morgan fingerprint density at radius 1 is 1.25 bits per heavy atom. The Morgan fingerprint density at radius 3 is 2.29 bits per heavy atom. The van der Waals surface area contributed by atoms with E-state index in [0.717, 1.165) is 0 Å². The van der Waals surface area contributed by atoms with Gasteiger partial charge in [0.25, 0.3) is 5.69 Å². The van der Waals surface area contributed by atoms with Crippen molar-refractivity contribution in [2.45, 2.75) is 33.2 Å². The molecule has 1 rings (SSSR count). The van der Waals surface area contributed by atoms with Crippen LogP contribution in [-0.2, 0) is 9.59 Å². The van der Waals surface area contributed by atoms with Gasteiger partial charge in [-0.25, -0.2) is 0 Å². The lowest BCUT2D eigenvalue weighted by Crippen LogP contribution is -2.47. The molecule has 2 amide bonds. The van der Waals surface area contributed by atoms with Gasteiger partial charge in [-0.3, -0.25) is 19.7 Å². The number of carbonyl (C=O) groups excluding carboxylic acids is 2. The number of nitrogens with zero attached hydrogens (tertiary/aromatic N) is 2. The second-order valence-corrected chi connectivity index (χ2v) is 6.33. The lowest BCUT2D eigenvalue weighted by atomic mass is 10.1. The van der Waals surface area contributed by atoms with Crippen LogP contribution in [-0.4, -0.2) is 40.3 Å². The lowest BCUT2D eigenvalue weighted by molar-refractivity contribution is -0.384. The minimum absolute atomic E-state index is 0.00693. The third-order valence-corrected chi connectivity index (χ3v) is 3.06. The van der Waals surface area contributed by atoms with Crippen molar-refractivity contribution in [3.63, 3.8) is 0 Å². The molecule has 0 heterocycles. The van der Waals surface area contributed by atoms with Crippen molar-refractivity contribution in [3.05, 3.63) is 46.0 Å². The van der Waals surface area contributed by atoms with E-state index in [-0.39, 0.29) is 29.6 Å². The minimum Gasteiger partial charge on any atom is -0.350 e. The lowest BCUT2D eigenvalue weighted by Gasteiger charge is -2.24. The number of nitrogens with one attached hydrogen (secondary N) is 1. The highest BCUT2D eigenvalue weighted by Crippen LogP contribution is 2.13. The van der Waals surface area contributed by atoms with E-state index < -0.39 is 4.92 Å². The monoisotopic (exact) mass is 333 g/mol. The van der Waals surface area contributed by atoms with Gasteiger partial charge >= 0.3 is 0 Å². The highest BCUT2D eigenvalue weighted by molar-refractivity contribution is 5.94. The molecule has 1 aromatic carbocycles. The first-order valence-corrected chi connectivity index (χ1v) is 7.65. The van der Waals surface area contributed by atoms with Gasteiger partial charge in [-0.05, 0) is 51.5 Å². The Bertz CT molecular complexity index is 630. The highest BCUT2D eigenvalue weighted by atomic mass is 16.6. The van der Waals surface area contributed by atoms with E-state index in [0.29, 0.717) is 12.1 Å². The van der Waals surface area contributed by atoms with Gasteiger partial charge in [0.1, 0.15) is 0 Å². The Hall–Kier alpha value is -2.70. The summed E-state index contributed by atoms with van der Waals surface area (Å²) in [4.78, 5) is 35.6. The van der Waals surface area contributed by atoms with Crippen LogP contribution in [0.15, 0.2) is 30.3 Å². The van der Waals surface area contributed by atoms with Gasteiger partial charge < -0.3 is 10.2 Å². The van der Waals surface area contributed by atoms with Crippen LogP contribution in [0.3, 0.4) is 0 Å². The molecule has 0 bridgehead atoms. The zero-order chi connectivity index (χ0) is 18.3. The smallest absolute Gasteiger partial charge is 0.269 e. The molecular formula is C17H23N3O4. The third-order valence-electron chi connectivity index (χ3n) is 3.06. The van der Waals surface area contributed by atoms with Gasteiger partial charge in [-0.2, -0.15) is 0 Å². The van der Waals surface area contributed by atoms with E-state index >= 15 is 0 Å². The van der Waals surface area contributed by atoms with Crippen molar-refractivity contribution in [1.29, 1.82) is 0 Å². The number of rotatable bonds is 6. The van der Waals surface area contributed by atoms with Gasteiger partial charge in [-0.15, -0.1) is 0 Å². The number of likely N-dealkylation sites (N-methyl/N-ethyl adjacent to an activating group) is 1. The summed E-state index contributed by atoms with van der Waals surface area (Å²) in [6.45, 7) is 7.80. The Labute approximate surface area is 141 Å². The van der Waals surface area contributed by atoms with Crippen LogP contribution < -0.4 is 5.32 Å². The maximum atomic E-state index is 12.2. The van der Waals surface area contributed by atoms with E-state index in [2.05, 4.69) is 5.32 Å². The summed E-state index contributed by atoms with van der Waals surface area (Å²) < 4.78 is 0. The second kappa shape index (κ2) is 8.24. The number of hydrogen-bond donors (Lipinski definition) is 1. The molecule has 0 aliphatic rings. The molecule has 0 aliphatic heterocycles. The topological polar surface area (TPSA) is 92.6 Å². The normalized spacial score (nSPS) is 11.3. The van der Waals surface area contributed by atoms with Gasteiger partial charge in [-0.1, -0.05) is 0 Å². The molecule has 0 saturated carbocycles. The first-order valence-electron chi connectivity index (χ1n) is 7.65. The van der Waals surface area contributed by atoms with Crippen molar-refractivity contribution in [2.75, 3.05) is 13.1 Å². The van der Waals surface area contributed by atoms with Crippen LogP contribution in [0.25, 0.3) is 6.08 Å². The number of hydrogen-bond acceptors (Lipinski definition) is 4. The van der Waals surface area contributed by atoms with Crippen molar-refractivity contribution in [1.82, 2.24) is 10.2 Å². The van der Waals surface area contributed by atoms with Crippen molar-refractivity contribution >= 4 is 23.6 Å². The molecule has 130 valence electrons. The summed E-state index contributed by atoms with van der Waals surface area (Å²) >= 11 is 0. The number of carbonyl (C=O) groups is 2. The molecule has 7 heteroatoms. The molecule has 1 aromatic rings. The molecule has 7 nitrogen and oxygen atoms in total. The largest absolute Gasteiger partial charge is 0.350 e. The maximum Gasteiger partial charge on any atom is 0.269 e. The molecular weight excluding hydrogens is 310 g/mol. The average Bonchev–Trinajstić information content (AvgIpc) is 2.48. The SMILES string of the molecule is CCN(CC(=O)NC(C)(C)C)C(=O)/C=C/c1ccc([N+](=O)[O-])cc1. The summed E-state index contributed by atoms with van der Waals surface area (Å²) in [5.74, 6) is -0.513. The fourth-order valence-corrected chi connectivity index (χ4v) is 1.96. The van der Waals surface area contributed by atoms with E-state index in [9.17, 15) is 19.7 Å². The van der Waals surface area contributed by atoms with Crippen molar-refractivity contribution in [2.24, 2.45) is 0 Å². The van der Waals surface area contributed by atoms with Crippen LogP contribution in [0, 0.1) is 10.1 Å². The molecule has 0 radical (unpaired) electrons. The zero-order valence-corrected chi connectivity index (χ0v) is 14.4. The predicted octanol–water partition coefficient (Wildman–Crippen LogP) is 2.37. The Balaban J connectivity index is 2.69. The third kappa shape index (κ3) is 6.60. The second-order valence-electron chi connectivity index (χ2n) is 6.33. The van der Waals surface area contributed by atoms with Crippen LogP contribution in [0.1, 0.15) is 33.3 Å². The minimum atomic E-state index is -0.481. The zero-order valence-electron chi connectivity index (χ0n) is 14.4. The number of non-ortho nitro benzene ring substituents is 1. The number of amides is 2. The molecule has 0 fully saturated rings. The van der Waals surface area contributed by atoms with Gasteiger partial charge in [0.15, 0.2) is 0 Å². The predicted molar refractivity (Wildman–Crippen MR) is 92.3 cm³/mol. The number of nitro groups is 1. The van der Waals surface area contributed by atoms with Crippen LogP contribution >= 0.6 is 0 Å². The number of nitro benzene ring substituents is 1. The van der Waals surface area contributed by atoms with E-state index in [1.165, 1.54) is 23.1 Å². The van der Waals surface area contributed by atoms with Crippen LogP contribution in [0.2, 0.25) is 0 Å². The fourth-order valence-electron chi connectivity index (χ4n) is 1.96. The molecule has 24 heavy (non-hydrogen) atoms. The summed E-state index contributed by atoms with van der Waals surface area (Å²) in [7, 11) is 0. The Kier molecular flexibility index (Phi) is 6.64. The average molecular weight is 333 g/mol. The molecule has 0 atom stereocenters. The molecule has 0 aromatic heterocycles. The van der Waals surface area contributed by atoms with Crippen LogP contribution in [0.5, 0.6) is 0 Å². The molecule has 0 unspecified atom stereocenters. The first kappa shape index (κ1) is 19.3. The first-order chi connectivity index (χ1) is 11.1. The highest BCUT2D eigenvalue weighted by Gasteiger charge is 2.18. The fraction of sp³-hybridized carbons (Fsp3) is 0.412. The summed E-state index contributed by atoms with van der Waals surface area (Å²) in [5.41, 5.74) is 0.311. The van der Waals surface area contributed by atoms with Crippen molar-refractivity contribution in [3.8, 4) is 0 Å². The summed E-state index contributed by atoms with van der Waals surface area (Å²) in [6.07, 6.45) is 2.92. The molecule has 1 N–H and O–H groups in total. The summed E-state index contributed by atoms with van der Waals surface area (Å²) in [6, 6.07) is 5.87.